The van der Waals surface area contributed by atoms with Crippen molar-refractivity contribution in [2.24, 2.45) is 30.7 Å². The third-order valence-corrected chi connectivity index (χ3v) is 10.5. The molecule has 15 nitrogen and oxygen atoms in total. The van der Waals surface area contributed by atoms with E-state index >= 15 is 0 Å². The smallest absolute Gasteiger partial charge is 0.264 e. The fraction of sp³-hybridized carbons (Fsp3) is 0.152. The van der Waals surface area contributed by atoms with Crippen LogP contribution in [0.15, 0.2) is 152 Å². The van der Waals surface area contributed by atoms with Crippen LogP contribution in [0.2, 0.25) is 0 Å². The number of phenols is 2. The highest BCUT2D eigenvalue weighted by molar-refractivity contribution is 7.85. The highest BCUT2D eigenvalue weighted by Crippen LogP contribution is 2.39. The molecule has 0 aliphatic heterocycles. The summed E-state index contributed by atoms with van der Waals surface area (Å²) in [5.74, 6) is 0.427. The minimum atomic E-state index is -4.00. The number of phenolic OH excluding ortho intramolecular Hbond substituents is 2. The van der Waals surface area contributed by atoms with Gasteiger partial charge in [0.1, 0.15) is 28.6 Å². The first kappa shape index (κ1) is 42.6. The third kappa shape index (κ3) is 10.6. The zero-order valence-electron chi connectivity index (χ0n) is 33.8. The van der Waals surface area contributed by atoms with E-state index in [0.717, 1.165) is 27.3 Å². The van der Waals surface area contributed by atoms with Crippen LogP contribution in [0.5, 0.6) is 23.0 Å². The van der Waals surface area contributed by atoms with Gasteiger partial charge in [-0.3, -0.25) is 9.35 Å². The maximum atomic E-state index is 13.3. The van der Waals surface area contributed by atoms with Crippen LogP contribution < -0.4 is 14.8 Å². The molecule has 0 fully saturated rings. The fourth-order valence-corrected chi connectivity index (χ4v) is 6.98. The lowest BCUT2D eigenvalue weighted by atomic mass is 10.1. The number of hydrogen-bond acceptors (Lipinski definition) is 13. The van der Waals surface area contributed by atoms with Crippen molar-refractivity contribution >= 4 is 77.4 Å². The summed E-state index contributed by atoms with van der Waals surface area (Å²) in [6.45, 7) is 4.03. The Kier molecular flexibility index (Phi) is 12.9. The number of anilines is 1. The van der Waals surface area contributed by atoms with Gasteiger partial charge >= 0.3 is 0 Å². The summed E-state index contributed by atoms with van der Waals surface area (Å²) in [6.07, 6.45) is 0.739. The van der Waals surface area contributed by atoms with Crippen LogP contribution >= 0.6 is 0 Å². The van der Waals surface area contributed by atoms with E-state index in [4.69, 9.17) is 14.0 Å². The molecule has 0 bridgehead atoms. The molecule has 0 aliphatic carbocycles. The van der Waals surface area contributed by atoms with Crippen molar-refractivity contribution in [3.05, 3.63) is 138 Å². The van der Waals surface area contributed by atoms with E-state index in [2.05, 4.69) is 36.0 Å². The highest BCUT2D eigenvalue weighted by atomic mass is 32.2. The Hall–Kier alpha value is -7.56. The van der Waals surface area contributed by atoms with E-state index in [0.29, 0.717) is 68.7 Å². The number of nitrogens with one attached hydrogen (secondary N) is 1. The highest BCUT2D eigenvalue weighted by Gasteiger charge is 2.14. The summed E-state index contributed by atoms with van der Waals surface area (Å²) < 4.78 is 42.3. The number of aromatic hydroxyl groups is 2. The number of nitrogens with zero attached hydrogens (tertiary/aromatic N) is 6. The second kappa shape index (κ2) is 18.8. The Balaban J connectivity index is 0.992. The fourth-order valence-electron chi connectivity index (χ4n) is 6.41. The van der Waals surface area contributed by atoms with Gasteiger partial charge in [-0.15, -0.1) is 10.2 Å². The van der Waals surface area contributed by atoms with Crippen molar-refractivity contribution < 1.29 is 37.5 Å². The monoisotopic (exact) mass is 851 g/mol. The minimum Gasteiger partial charge on any atom is -0.508 e. The predicted molar refractivity (Wildman–Crippen MR) is 238 cm³/mol. The second-order valence-corrected chi connectivity index (χ2v) is 15.8. The molecule has 16 heteroatoms. The number of carbonyl (C=O) groups excluding carboxylic acids is 1. The molecule has 0 spiro atoms. The van der Waals surface area contributed by atoms with Gasteiger partial charge in [-0.05, 0) is 152 Å². The number of unbranched alkanes of at least 4 members (excludes halogenated alkanes) is 1. The van der Waals surface area contributed by atoms with Gasteiger partial charge in [0.15, 0.2) is 5.75 Å². The molecule has 0 unspecified atom stereocenters. The lowest BCUT2D eigenvalue weighted by molar-refractivity contribution is 0.102. The summed E-state index contributed by atoms with van der Waals surface area (Å²) in [7, 11) is -2.52. The Morgan fingerprint density at radius 2 is 1.27 bits per heavy atom. The van der Waals surface area contributed by atoms with E-state index in [1.54, 1.807) is 60.7 Å². The van der Waals surface area contributed by atoms with Crippen molar-refractivity contribution in [2.75, 3.05) is 24.8 Å². The number of carbonyl (C=O) groups is 1. The summed E-state index contributed by atoms with van der Waals surface area (Å²) >= 11 is 0. The van der Waals surface area contributed by atoms with E-state index in [-0.39, 0.29) is 36.2 Å². The molecular formula is C46H41N7O8S. The van der Waals surface area contributed by atoms with Gasteiger partial charge in [-0.1, -0.05) is 18.2 Å². The first-order valence-electron chi connectivity index (χ1n) is 19.3. The van der Waals surface area contributed by atoms with E-state index < -0.39 is 10.1 Å². The van der Waals surface area contributed by atoms with E-state index in [1.165, 1.54) is 19.2 Å². The molecule has 0 aliphatic rings. The number of ether oxygens (including phenoxy) is 2. The number of rotatable bonds is 15. The average molecular weight is 852 g/mol. The Morgan fingerprint density at radius 3 is 2.00 bits per heavy atom. The standard InChI is InChI=1S/C46H41N7O8S/c1-28-24-42(53-51-40-20-9-31-26-35(14-18-38(31)45(40)55)49-48-33-11-15-36(54)16-12-33)29(2)23-41(28)52-50-39-19-10-32(27-44(39)60-3)46(56)47-34-13-17-37-30(25-34)7-6-8-43(37)61-21-4-5-22-62(57,58)59/h6-20,23-27,54-55H,4-5,21-22H2,1-3H3,(H,47,56)(H,57,58,59). The van der Waals surface area contributed by atoms with E-state index in [1.807, 2.05) is 62.4 Å². The van der Waals surface area contributed by atoms with Crippen LogP contribution in [0.4, 0.5) is 39.8 Å². The van der Waals surface area contributed by atoms with Crippen molar-refractivity contribution in [1.29, 1.82) is 0 Å². The number of amides is 1. The SMILES string of the molecule is COc1cc(C(=O)Nc2ccc3c(OCCCCS(=O)(=O)O)cccc3c2)ccc1N=Nc1cc(C)c(N=Nc2ccc3cc(N=Nc4ccc(O)cc4)ccc3c2O)cc1C. The third-order valence-electron chi connectivity index (χ3n) is 9.72. The Morgan fingerprint density at radius 1 is 0.629 bits per heavy atom. The molecule has 7 rings (SSSR count). The first-order valence-corrected chi connectivity index (χ1v) is 21.0. The number of fused-ring (bicyclic) bond motifs is 2. The van der Waals surface area contributed by atoms with Crippen LogP contribution in [0.1, 0.15) is 34.3 Å². The van der Waals surface area contributed by atoms with Gasteiger partial charge < -0.3 is 25.0 Å². The Bertz CT molecular complexity index is 3010. The zero-order valence-corrected chi connectivity index (χ0v) is 34.7. The summed E-state index contributed by atoms with van der Waals surface area (Å²) in [4.78, 5) is 13.3. The molecule has 0 aromatic heterocycles. The topological polar surface area (TPSA) is 217 Å². The Labute approximate surface area is 356 Å². The normalized spacial score (nSPS) is 11.9. The molecule has 7 aromatic rings. The molecule has 0 radical (unpaired) electrons. The van der Waals surface area contributed by atoms with Gasteiger partial charge in [0, 0.05) is 22.0 Å². The molecule has 0 atom stereocenters. The summed E-state index contributed by atoms with van der Waals surface area (Å²) in [5.41, 5.74) is 5.57. The number of benzene rings is 7. The van der Waals surface area contributed by atoms with Gasteiger partial charge in [-0.2, -0.15) is 28.9 Å². The van der Waals surface area contributed by atoms with Crippen molar-refractivity contribution in [2.45, 2.75) is 26.7 Å². The van der Waals surface area contributed by atoms with Crippen LogP contribution in [-0.2, 0) is 10.1 Å². The van der Waals surface area contributed by atoms with Crippen molar-refractivity contribution in [1.82, 2.24) is 0 Å². The molecule has 7 aromatic carbocycles. The maximum Gasteiger partial charge on any atom is 0.264 e. The minimum absolute atomic E-state index is 0.0208. The molecule has 0 heterocycles. The summed E-state index contributed by atoms with van der Waals surface area (Å²) in [6, 6.07) is 34.7. The van der Waals surface area contributed by atoms with Crippen LogP contribution in [0, 0.1) is 13.8 Å². The molecular weight excluding hydrogens is 811 g/mol. The van der Waals surface area contributed by atoms with Gasteiger partial charge in [-0.25, -0.2) is 0 Å². The zero-order chi connectivity index (χ0) is 43.8. The largest absolute Gasteiger partial charge is 0.508 e. The molecule has 314 valence electrons. The van der Waals surface area contributed by atoms with Crippen LogP contribution in [0.25, 0.3) is 21.5 Å². The second-order valence-electron chi connectivity index (χ2n) is 14.3. The lowest BCUT2D eigenvalue weighted by Crippen LogP contribution is -2.11. The summed E-state index contributed by atoms with van der Waals surface area (Å²) in [5, 5.41) is 52.6. The van der Waals surface area contributed by atoms with Crippen molar-refractivity contribution in [3.63, 3.8) is 0 Å². The van der Waals surface area contributed by atoms with Crippen LogP contribution in [0.3, 0.4) is 0 Å². The lowest BCUT2D eigenvalue weighted by Gasteiger charge is -2.12. The van der Waals surface area contributed by atoms with Crippen molar-refractivity contribution in [3.8, 4) is 23.0 Å². The molecule has 0 saturated carbocycles. The van der Waals surface area contributed by atoms with E-state index in [9.17, 15) is 23.4 Å². The van der Waals surface area contributed by atoms with Gasteiger partial charge in [0.25, 0.3) is 16.0 Å². The van der Waals surface area contributed by atoms with Gasteiger partial charge in [0.05, 0.1) is 42.2 Å². The molecule has 62 heavy (non-hydrogen) atoms. The average Bonchev–Trinajstić information content (AvgIpc) is 3.25. The number of methoxy groups -OCH3 is 1. The quantitative estimate of drug-likeness (QED) is 0.0441. The number of azo groups is 3. The predicted octanol–water partition coefficient (Wildman–Crippen LogP) is 12.6. The molecule has 1 amide bonds. The molecule has 4 N–H and O–H groups in total. The first-order chi connectivity index (χ1) is 29.8. The van der Waals surface area contributed by atoms with Gasteiger partial charge in [0.2, 0.25) is 0 Å². The number of hydrogen-bond donors (Lipinski definition) is 4. The molecule has 0 saturated heterocycles. The number of aryl methyl sites for hydroxylation is 2. The van der Waals surface area contributed by atoms with Crippen LogP contribution in [-0.4, -0.2) is 48.6 Å². The maximum absolute atomic E-state index is 13.3.